The van der Waals surface area contributed by atoms with Crippen LogP contribution in [0.25, 0.3) is 0 Å². The number of hydrogen-bond donors (Lipinski definition) is 0. The molecule has 162 valence electrons. The molecule has 1 saturated heterocycles. The molecule has 6 nitrogen and oxygen atoms in total. The second-order valence-electron chi connectivity index (χ2n) is 8.18. The summed E-state index contributed by atoms with van der Waals surface area (Å²) < 4.78 is 20.8. The Morgan fingerprint density at radius 3 is 2.67 bits per heavy atom. The van der Waals surface area contributed by atoms with Crippen LogP contribution in [0.4, 0.5) is 4.39 Å². The van der Waals surface area contributed by atoms with E-state index < -0.39 is 0 Å². The first-order valence-corrected chi connectivity index (χ1v) is 11.0. The number of rotatable bonds is 7. The lowest BCUT2D eigenvalue weighted by atomic mass is 10.1. The van der Waals surface area contributed by atoms with Gasteiger partial charge in [-0.05, 0) is 24.1 Å². The molecule has 0 saturated carbocycles. The molecule has 0 N–H and O–H groups in total. The minimum absolute atomic E-state index is 0.201. The van der Waals surface area contributed by atoms with Crippen molar-refractivity contribution < 1.29 is 13.9 Å². The summed E-state index contributed by atoms with van der Waals surface area (Å²) in [5, 5.41) is 4.79. The standard InChI is InChI=1S/C23H31FN4O2/c1-2-10-28-22-9-15-30-17-20(22)21(25-28)7-8-23(29)27-13-11-26(12-14-27)16-18-3-5-19(24)6-4-18/h3-6H,2,7-17H2,1H3. The van der Waals surface area contributed by atoms with E-state index in [4.69, 9.17) is 9.84 Å². The smallest absolute Gasteiger partial charge is 0.223 e. The van der Waals surface area contributed by atoms with E-state index in [9.17, 15) is 9.18 Å². The van der Waals surface area contributed by atoms with Crippen molar-refractivity contribution in [3.05, 3.63) is 52.6 Å². The summed E-state index contributed by atoms with van der Waals surface area (Å²) in [6.07, 6.45) is 3.13. The average molecular weight is 415 g/mol. The van der Waals surface area contributed by atoms with Crippen LogP contribution in [0, 0.1) is 5.82 Å². The zero-order valence-corrected chi connectivity index (χ0v) is 17.8. The quantitative estimate of drug-likeness (QED) is 0.699. The van der Waals surface area contributed by atoms with Gasteiger partial charge in [0.05, 0.1) is 18.9 Å². The van der Waals surface area contributed by atoms with Gasteiger partial charge in [0.25, 0.3) is 0 Å². The van der Waals surface area contributed by atoms with E-state index in [-0.39, 0.29) is 11.7 Å². The third-order valence-corrected chi connectivity index (χ3v) is 6.03. The molecule has 0 unspecified atom stereocenters. The van der Waals surface area contributed by atoms with Crippen molar-refractivity contribution in [2.24, 2.45) is 0 Å². The normalized spacial score (nSPS) is 17.2. The van der Waals surface area contributed by atoms with Gasteiger partial charge in [-0.15, -0.1) is 0 Å². The highest BCUT2D eigenvalue weighted by Gasteiger charge is 2.24. The maximum atomic E-state index is 13.1. The predicted molar refractivity (Wildman–Crippen MR) is 112 cm³/mol. The lowest BCUT2D eigenvalue weighted by Crippen LogP contribution is -2.48. The number of amides is 1. The Morgan fingerprint density at radius 1 is 1.17 bits per heavy atom. The van der Waals surface area contributed by atoms with Gasteiger partial charge in [0.1, 0.15) is 5.82 Å². The maximum absolute atomic E-state index is 13.1. The molecule has 0 aliphatic carbocycles. The van der Waals surface area contributed by atoms with Crippen LogP contribution in [-0.2, 0) is 42.1 Å². The highest BCUT2D eigenvalue weighted by molar-refractivity contribution is 5.76. The second-order valence-corrected chi connectivity index (χ2v) is 8.18. The maximum Gasteiger partial charge on any atom is 0.223 e. The summed E-state index contributed by atoms with van der Waals surface area (Å²) in [6.45, 7) is 8.42. The fraction of sp³-hybridized carbons (Fsp3) is 0.565. The van der Waals surface area contributed by atoms with Gasteiger partial charge in [0.15, 0.2) is 0 Å². The van der Waals surface area contributed by atoms with Crippen molar-refractivity contribution >= 4 is 5.91 Å². The molecule has 2 aliphatic rings. The minimum Gasteiger partial charge on any atom is -0.376 e. The van der Waals surface area contributed by atoms with Crippen molar-refractivity contribution in [2.45, 2.75) is 52.3 Å². The van der Waals surface area contributed by atoms with Crippen LogP contribution in [0.3, 0.4) is 0 Å². The van der Waals surface area contributed by atoms with Crippen molar-refractivity contribution in [3.63, 3.8) is 0 Å². The number of nitrogens with zero attached hydrogens (tertiary/aromatic N) is 4. The van der Waals surface area contributed by atoms with Crippen LogP contribution >= 0.6 is 0 Å². The van der Waals surface area contributed by atoms with Gasteiger partial charge in [-0.3, -0.25) is 14.4 Å². The molecule has 2 aromatic rings. The molecule has 1 amide bonds. The number of carbonyl (C=O) groups excluding carboxylic acids is 1. The molecule has 0 spiro atoms. The first-order valence-electron chi connectivity index (χ1n) is 11.0. The zero-order chi connectivity index (χ0) is 20.9. The summed E-state index contributed by atoms with van der Waals surface area (Å²) >= 11 is 0. The Balaban J connectivity index is 1.28. The van der Waals surface area contributed by atoms with E-state index in [1.54, 1.807) is 0 Å². The molecule has 30 heavy (non-hydrogen) atoms. The number of aromatic nitrogens is 2. The van der Waals surface area contributed by atoms with Gasteiger partial charge in [0, 0.05) is 69.8 Å². The summed E-state index contributed by atoms with van der Waals surface area (Å²) in [4.78, 5) is 17.1. The van der Waals surface area contributed by atoms with Gasteiger partial charge >= 0.3 is 0 Å². The number of aryl methyl sites for hydroxylation is 2. The Hall–Kier alpha value is -2.25. The molecule has 0 bridgehead atoms. The van der Waals surface area contributed by atoms with Gasteiger partial charge in [0.2, 0.25) is 5.91 Å². The monoisotopic (exact) mass is 414 g/mol. The lowest BCUT2D eigenvalue weighted by molar-refractivity contribution is -0.133. The third-order valence-electron chi connectivity index (χ3n) is 6.03. The molecule has 1 aromatic heterocycles. The van der Waals surface area contributed by atoms with E-state index in [2.05, 4.69) is 16.5 Å². The van der Waals surface area contributed by atoms with Crippen molar-refractivity contribution in [1.29, 1.82) is 0 Å². The predicted octanol–water partition coefficient (Wildman–Crippen LogP) is 2.78. The van der Waals surface area contributed by atoms with Crippen molar-refractivity contribution in [3.8, 4) is 0 Å². The Labute approximate surface area is 177 Å². The highest BCUT2D eigenvalue weighted by Crippen LogP contribution is 2.23. The van der Waals surface area contributed by atoms with E-state index in [0.717, 1.165) is 70.0 Å². The lowest BCUT2D eigenvalue weighted by Gasteiger charge is -2.34. The molecule has 4 rings (SSSR count). The summed E-state index contributed by atoms with van der Waals surface area (Å²) in [5.41, 5.74) is 4.62. The Kier molecular flexibility index (Phi) is 6.79. The van der Waals surface area contributed by atoms with Gasteiger partial charge in [-0.25, -0.2) is 4.39 Å². The molecule has 2 aliphatic heterocycles. The molecule has 3 heterocycles. The molecular formula is C23H31FN4O2. The summed E-state index contributed by atoms with van der Waals surface area (Å²) in [5.74, 6) is -0.00604. The molecular weight excluding hydrogens is 383 g/mol. The third kappa shape index (κ3) is 4.90. The fourth-order valence-electron chi connectivity index (χ4n) is 4.36. The van der Waals surface area contributed by atoms with E-state index in [1.807, 2.05) is 17.0 Å². The zero-order valence-electron chi connectivity index (χ0n) is 17.8. The van der Waals surface area contributed by atoms with Crippen LogP contribution in [0.2, 0.25) is 0 Å². The second kappa shape index (κ2) is 9.71. The molecule has 7 heteroatoms. The first kappa shape index (κ1) is 21.0. The largest absolute Gasteiger partial charge is 0.376 e. The van der Waals surface area contributed by atoms with E-state index >= 15 is 0 Å². The van der Waals surface area contributed by atoms with Crippen molar-refractivity contribution in [1.82, 2.24) is 19.6 Å². The Morgan fingerprint density at radius 2 is 1.93 bits per heavy atom. The number of carbonyl (C=O) groups is 1. The summed E-state index contributed by atoms with van der Waals surface area (Å²) in [7, 11) is 0. The topological polar surface area (TPSA) is 50.6 Å². The van der Waals surface area contributed by atoms with Gasteiger partial charge in [-0.1, -0.05) is 19.1 Å². The minimum atomic E-state index is -0.207. The van der Waals surface area contributed by atoms with Crippen molar-refractivity contribution in [2.75, 3.05) is 32.8 Å². The number of halogens is 1. The van der Waals surface area contributed by atoms with Crippen LogP contribution < -0.4 is 0 Å². The van der Waals surface area contributed by atoms with Gasteiger partial charge < -0.3 is 9.64 Å². The number of ether oxygens (including phenoxy) is 1. The van der Waals surface area contributed by atoms with E-state index in [1.165, 1.54) is 23.4 Å². The van der Waals surface area contributed by atoms with Crippen LogP contribution in [0.5, 0.6) is 0 Å². The molecule has 1 aromatic carbocycles. The average Bonchev–Trinajstić information content (AvgIpc) is 3.12. The highest BCUT2D eigenvalue weighted by atomic mass is 19.1. The van der Waals surface area contributed by atoms with Crippen LogP contribution in [0.15, 0.2) is 24.3 Å². The van der Waals surface area contributed by atoms with E-state index in [0.29, 0.717) is 19.4 Å². The number of fused-ring (bicyclic) bond motifs is 1. The van der Waals surface area contributed by atoms with Crippen LogP contribution in [-0.4, -0.2) is 58.3 Å². The number of benzene rings is 1. The molecule has 1 fully saturated rings. The van der Waals surface area contributed by atoms with Gasteiger partial charge in [-0.2, -0.15) is 5.10 Å². The number of hydrogen-bond acceptors (Lipinski definition) is 4. The fourth-order valence-corrected chi connectivity index (χ4v) is 4.36. The van der Waals surface area contributed by atoms with Crippen LogP contribution in [0.1, 0.15) is 42.3 Å². The Bertz CT molecular complexity index is 857. The molecule has 0 atom stereocenters. The number of piperazine rings is 1. The SMILES string of the molecule is CCCn1nc(CCC(=O)N2CCN(Cc3ccc(F)cc3)CC2)c2c1CCOC2. The first-order chi connectivity index (χ1) is 14.6. The summed E-state index contributed by atoms with van der Waals surface area (Å²) in [6, 6.07) is 6.66. The molecule has 0 radical (unpaired) electrons.